The fourth-order valence-electron chi connectivity index (χ4n) is 5.06. The fourth-order valence-corrected chi connectivity index (χ4v) is 5.76. The highest BCUT2D eigenvalue weighted by molar-refractivity contribution is 7.09. The summed E-state index contributed by atoms with van der Waals surface area (Å²) in [5, 5.41) is 9.71. The molecule has 2 amide bonds. The van der Waals surface area contributed by atoms with Crippen molar-refractivity contribution in [1.29, 1.82) is 0 Å². The standard InChI is InChI=1S/C27H32N4O4S/c1-18-21(16-30(2)29-18)25(26(32)28-19-9-4-3-5-10-19)31(15-20-11-8-14-36-20)27(33)24-17-34-22-12-6-7-13-23(22)35-24/h6-8,11-14,16,19,24-25H,3-5,9-10,15,17H2,1-2H3,(H,28,32)/t24-,25+/m0/s1. The van der Waals surface area contributed by atoms with Gasteiger partial charge in [-0.15, -0.1) is 11.3 Å². The average Bonchev–Trinajstić information content (AvgIpc) is 3.52. The zero-order valence-corrected chi connectivity index (χ0v) is 21.5. The lowest BCUT2D eigenvalue weighted by atomic mass is 9.94. The van der Waals surface area contributed by atoms with Crippen LogP contribution in [0.15, 0.2) is 48.0 Å². The van der Waals surface area contributed by atoms with Gasteiger partial charge in [-0.2, -0.15) is 5.10 Å². The number of nitrogens with zero attached hydrogens (tertiary/aromatic N) is 3. The molecular formula is C27H32N4O4S. The number of para-hydroxylation sites is 2. The molecule has 2 aliphatic rings. The molecule has 3 heterocycles. The Labute approximate surface area is 215 Å². The van der Waals surface area contributed by atoms with Crippen molar-refractivity contribution in [2.45, 2.75) is 63.8 Å². The lowest BCUT2D eigenvalue weighted by Crippen LogP contribution is -2.52. The quantitative estimate of drug-likeness (QED) is 0.518. The summed E-state index contributed by atoms with van der Waals surface area (Å²) < 4.78 is 13.6. The van der Waals surface area contributed by atoms with Crippen LogP contribution in [0.2, 0.25) is 0 Å². The van der Waals surface area contributed by atoms with E-state index >= 15 is 0 Å². The van der Waals surface area contributed by atoms with Crippen molar-refractivity contribution in [2.24, 2.45) is 7.05 Å². The molecule has 0 spiro atoms. The van der Waals surface area contributed by atoms with E-state index in [4.69, 9.17) is 9.47 Å². The minimum absolute atomic E-state index is 0.0831. The van der Waals surface area contributed by atoms with Crippen molar-refractivity contribution in [3.05, 3.63) is 64.1 Å². The summed E-state index contributed by atoms with van der Waals surface area (Å²) in [4.78, 5) is 30.6. The number of fused-ring (bicyclic) bond motifs is 1. The Hall–Kier alpha value is -3.33. The van der Waals surface area contributed by atoms with Gasteiger partial charge in [0.05, 0.1) is 12.2 Å². The molecule has 3 aromatic rings. The van der Waals surface area contributed by atoms with E-state index < -0.39 is 12.1 Å². The highest BCUT2D eigenvalue weighted by Crippen LogP contribution is 2.34. The van der Waals surface area contributed by atoms with E-state index in [1.54, 1.807) is 27.0 Å². The number of carbonyl (C=O) groups excluding carboxylic acids is 2. The molecule has 2 atom stereocenters. The van der Waals surface area contributed by atoms with E-state index in [1.165, 1.54) is 6.42 Å². The highest BCUT2D eigenvalue weighted by atomic mass is 32.1. The van der Waals surface area contributed by atoms with Crippen LogP contribution in [0.1, 0.15) is 54.3 Å². The smallest absolute Gasteiger partial charge is 0.268 e. The first-order chi connectivity index (χ1) is 17.5. The minimum atomic E-state index is -0.859. The van der Waals surface area contributed by atoms with Gasteiger partial charge in [-0.25, -0.2) is 0 Å². The predicted molar refractivity (Wildman–Crippen MR) is 137 cm³/mol. The number of hydrogen-bond donors (Lipinski definition) is 1. The van der Waals surface area contributed by atoms with E-state index in [0.29, 0.717) is 17.1 Å². The maximum absolute atomic E-state index is 14.1. The van der Waals surface area contributed by atoms with Crippen molar-refractivity contribution >= 4 is 23.2 Å². The Kier molecular flexibility index (Phi) is 7.27. The van der Waals surface area contributed by atoms with E-state index in [0.717, 1.165) is 36.3 Å². The second kappa shape index (κ2) is 10.7. The number of benzene rings is 1. The first kappa shape index (κ1) is 24.4. The van der Waals surface area contributed by atoms with Crippen LogP contribution in [0.5, 0.6) is 11.5 Å². The predicted octanol–water partition coefficient (Wildman–Crippen LogP) is 4.15. The van der Waals surface area contributed by atoms with Crippen LogP contribution in [0.25, 0.3) is 0 Å². The molecule has 8 nitrogen and oxygen atoms in total. The number of rotatable bonds is 7. The number of nitrogens with one attached hydrogen (secondary N) is 1. The molecule has 0 unspecified atom stereocenters. The van der Waals surface area contributed by atoms with Crippen LogP contribution in [0, 0.1) is 6.92 Å². The molecule has 5 rings (SSSR count). The summed E-state index contributed by atoms with van der Waals surface area (Å²) in [5.74, 6) is 0.671. The Morgan fingerprint density at radius 3 is 2.64 bits per heavy atom. The molecule has 190 valence electrons. The zero-order valence-electron chi connectivity index (χ0n) is 20.7. The second-order valence-electron chi connectivity index (χ2n) is 9.50. The largest absolute Gasteiger partial charge is 0.485 e. The van der Waals surface area contributed by atoms with Crippen LogP contribution < -0.4 is 14.8 Å². The van der Waals surface area contributed by atoms with Crippen molar-refractivity contribution in [3.63, 3.8) is 0 Å². The first-order valence-corrected chi connectivity index (χ1v) is 13.4. The van der Waals surface area contributed by atoms with E-state index in [-0.39, 0.29) is 31.0 Å². The molecule has 0 saturated heterocycles. The number of amides is 2. The molecule has 9 heteroatoms. The van der Waals surface area contributed by atoms with Gasteiger partial charge in [0.2, 0.25) is 12.0 Å². The van der Waals surface area contributed by atoms with Gasteiger partial charge in [0, 0.05) is 29.7 Å². The Bertz CT molecular complexity index is 1200. The molecule has 1 N–H and O–H groups in total. The monoisotopic (exact) mass is 508 g/mol. The lowest BCUT2D eigenvalue weighted by molar-refractivity contribution is -0.149. The summed E-state index contributed by atoms with van der Waals surface area (Å²) in [7, 11) is 1.83. The number of aryl methyl sites for hydroxylation is 2. The van der Waals surface area contributed by atoms with Gasteiger partial charge >= 0.3 is 0 Å². The van der Waals surface area contributed by atoms with E-state index in [1.807, 2.05) is 55.9 Å². The normalized spacial score (nSPS) is 18.4. The highest BCUT2D eigenvalue weighted by Gasteiger charge is 2.40. The molecule has 36 heavy (non-hydrogen) atoms. The summed E-state index contributed by atoms with van der Waals surface area (Å²) in [6.45, 7) is 2.25. The number of carbonyl (C=O) groups is 2. The van der Waals surface area contributed by atoms with Gasteiger partial charge in [-0.3, -0.25) is 14.3 Å². The Morgan fingerprint density at radius 2 is 1.94 bits per heavy atom. The topological polar surface area (TPSA) is 85.7 Å². The van der Waals surface area contributed by atoms with Crippen LogP contribution >= 0.6 is 11.3 Å². The summed E-state index contributed by atoms with van der Waals surface area (Å²) in [6.07, 6.45) is 6.29. The maximum atomic E-state index is 14.1. The minimum Gasteiger partial charge on any atom is -0.485 e. The van der Waals surface area contributed by atoms with Gasteiger partial charge in [0.15, 0.2) is 11.5 Å². The van der Waals surface area contributed by atoms with Crippen LogP contribution in [-0.2, 0) is 23.2 Å². The number of aromatic nitrogens is 2. The SMILES string of the molecule is Cc1nn(C)cc1[C@H](C(=O)NC1CCCCC1)N(Cc1cccs1)C(=O)[C@@H]1COc2ccccc2O1. The van der Waals surface area contributed by atoms with Crippen molar-refractivity contribution in [2.75, 3.05) is 6.61 Å². The van der Waals surface area contributed by atoms with Gasteiger partial charge < -0.3 is 19.7 Å². The molecule has 0 bridgehead atoms. The lowest BCUT2D eigenvalue weighted by Gasteiger charge is -2.36. The third-order valence-electron chi connectivity index (χ3n) is 6.83. The van der Waals surface area contributed by atoms with Crippen LogP contribution in [0.4, 0.5) is 0 Å². The second-order valence-corrected chi connectivity index (χ2v) is 10.5. The van der Waals surface area contributed by atoms with Gasteiger partial charge in [-0.05, 0) is 43.3 Å². The molecule has 1 aliphatic heterocycles. The molecule has 1 aromatic carbocycles. The van der Waals surface area contributed by atoms with Gasteiger partial charge in [-0.1, -0.05) is 37.5 Å². The third kappa shape index (κ3) is 5.26. The maximum Gasteiger partial charge on any atom is 0.268 e. The molecular weight excluding hydrogens is 476 g/mol. The van der Waals surface area contributed by atoms with Crippen molar-refractivity contribution < 1.29 is 19.1 Å². The Morgan fingerprint density at radius 1 is 1.17 bits per heavy atom. The Balaban J connectivity index is 1.49. The van der Waals surface area contributed by atoms with E-state index in [2.05, 4.69) is 10.4 Å². The summed E-state index contributed by atoms with van der Waals surface area (Å²) in [5.41, 5.74) is 1.43. The molecule has 1 saturated carbocycles. The van der Waals surface area contributed by atoms with Crippen molar-refractivity contribution in [3.8, 4) is 11.5 Å². The van der Waals surface area contributed by atoms with Crippen molar-refractivity contribution in [1.82, 2.24) is 20.0 Å². The third-order valence-corrected chi connectivity index (χ3v) is 7.69. The number of ether oxygens (including phenoxy) is 2. The van der Waals surface area contributed by atoms with Gasteiger partial charge in [0.1, 0.15) is 12.6 Å². The average molecular weight is 509 g/mol. The first-order valence-electron chi connectivity index (χ1n) is 12.5. The number of thiophene rings is 1. The van der Waals surface area contributed by atoms with Crippen LogP contribution in [0.3, 0.4) is 0 Å². The summed E-state index contributed by atoms with van der Waals surface area (Å²) >= 11 is 1.55. The van der Waals surface area contributed by atoms with E-state index in [9.17, 15) is 9.59 Å². The summed E-state index contributed by atoms with van der Waals surface area (Å²) in [6, 6.07) is 10.5. The number of hydrogen-bond acceptors (Lipinski definition) is 6. The molecule has 0 radical (unpaired) electrons. The van der Waals surface area contributed by atoms with Gasteiger partial charge in [0.25, 0.3) is 5.91 Å². The molecule has 2 aromatic heterocycles. The fraction of sp³-hybridized carbons (Fsp3) is 0.444. The molecule has 1 fully saturated rings. The van der Waals surface area contributed by atoms with Crippen LogP contribution in [-0.4, -0.2) is 45.2 Å². The zero-order chi connectivity index (χ0) is 25.1. The molecule has 1 aliphatic carbocycles.